The van der Waals surface area contributed by atoms with Gasteiger partial charge in [-0.05, 0) is 54.6 Å². The normalized spacial score (nSPS) is 9.18. The van der Waals surface area contributed by atoms with Crippen molar-refractivity contribution in [2.75, 3.05) is 0 Å². The second-order valence-corrected chi connectivity index (χ2v) is 5.97. The average molecular weight is 598 g/mol. The fourth-order valence-electron chi connectivity index (χ4n) is 1.95. The SMILES string of the molecule is O=C([O-])c1ccc(O)c(O)c1.O=C([O-])c1ccc(O)c(O)c1.O=C([O-])c1ccc(O)c(O)c1.[La+3]. The van der Waals surface area contributed by atoms with Crippen LogP contribution in [-0.4, -0.2) is 48.5 Å². The minimum Gasteiger partial charge on any atom is -0.545 e. The van der Waals surface area contributed by atoms with Gasteiger partial charge in [0.05, 0.1) is 17.9 Å². The van der Waals surface area contributed by atoms with Crippen LogP contribution in [0.2, 0.25) is 0 Å². The summed E-state index contributed by atoms with van der Waals surface area (Å²) in [6, 6.07) is 9.44. The van der Waals surface area contributed by atoms with E-state index in [0.717, 1.165) is 54.6 Å². The van der Waals surface area contributed by atoms with Crippen molar-refractivity contribution in [3.8, 4) is 34.5 Å². The van der Waals surface area contributed by atoms with Crippen molar-refractivity contribution in [1.29, 1.82) is 0 Å². The summed E-state index contributed by atoms with van der Waals surface area (Å²) in [6.45, 7) is 0. The predicted octanol–water partition coefficient (Wildman–Crippen LogP) is -1.62. The summed E-state index contributed by atoms with van der Waals surface area (Å²) in [7, 11) is 0. The van der Waals surface area contributed by atoms with Crippen LogP contribution in [0.1, 0.15) is 31.1 Å². The molecule has 0 saturated carbocycles. The first kappa shape index (κ1) is 30.1. The Bertz CT molecular complexity index is 1030. The first-order valence-electron chi connectivity index (χ1n) is 8.53. The molecule has 0 heterocycles. The van der Waals surface area contributed by atoms with E-state index in [0.29, 0.717) is 0 Å². The zero-order valence-corrected chi connectivity index (χ0v) is 20.5. The molecule has 0 atom stereocenters. The molecule has 3 rings (SSSR count). The summed E-state index contributed by atoms with van der Waals surface area (Å²) < 4.78 is 0. The maximum atomic E-state index is 10.2. The van der Waals surface area contributed by atoms with Gasteiger partial charge < -0.3 is 60.3 Å². The van der Waals surface area contributed by atoms with Crippen molar-refractivity contribution in [1.82, 2.24) is 0 Å². The smallest absolute Gasteiger partial charge is 0.545 e. The molecule has 0 aromatic heterocycles. The van der Waals surface area contributed by atoms with Crippen molar-refractivity contribution < 1.29 is 95.9 Å². The number of carbonyl (C=O) groups excluding carboxylic acids is 3. The third-order valence-electron chi connectivity index (χ3n) is 3.63. The van der Waals surface area contributed by atoms with Crippen LogP contribution < -0.4 is 15.3 Å². The van der Waals surface area contributed by atoms with E-state index < -0.39 is 35.2 Å². The predicted molar refractivity (Wildman–Crippen MR) is 102 cm³/mol. The zero-order chi connectivity index (χ0) is 25.3. The Kier molecular flexibility index (Phi) is 12.0. The number of hydrogen-bond acceptors (Lipinski definition) is 12. The average Bonchev–Trinajstić information content (AvgIpc) is 2.74. The number of carboxylic acids is 3. The molecule has 0 radical (unpaired) electrons. The Balaban J connectivity index is 0.000000473. The second-order valence-electron chi connectivity index (χ2n) is 5.97. The number of hydrogen-bond donors (Lipinski definition) is 6. The van der Waals surface area contributed by atoms with Gasteiger partial charge in [-0.25, -0.2) is 0 Å². The molecule has 13 heteroatoms. The summed E-state index contributed by atoms with van der Waals surface area (Å²) in [4.78, 5) is 30.5. The third-order valence-corrected chi connectivity index (χ3v) is 3.63. The molecule has 0 fully saturated rings. The minimum absolute atomic E-state index is 0. The van der Waals surface area contributed by atoms with E-state index in [1.54, 1.807) is 0 Å². The van der Waals surface area contributed by atoms with Gasteiger partial charge in [0.1, 0.15) is 0 Å². The Morgan fingerprint density at radius 3 is 0.794 bits per heavy atom. The first-order chi connectivity index (χ1) is 15.3. The van der Waals surface area contributed by atoms with Crippen LogP contribution in [-0.2, 0) is 0 Å². The Labute approximate surface area is 218 Å². The van der Waals surface area contributed by atoms with Gasteiger partial charge in [0, 0.05) is 16.7 Å². The van der Waals surface area contributed by atoms with Crippen LogP contribution in [0.3, 0.4) is 0 Å². The van der Waals surface area contributed by atoms with Crippen molar-refractivity contribution >= 4 is 17.9 Å². The number of aromatic hydroxyl groups is 6. The number of rotatable bonds is 3. The summed E-state index contributed by atoms with van der Waals surface area (Å²) >= 11 is 0. The van der Waals surface area contributed by atoms with Crippen LogP contribution in [0.15, 0.2) is 54.6 Å². The fourth-order valence-corrected chi connectivity index (χ4v) is 1.95. The Morgan fingerprint density at radius 2 is 0.647 bits per heavy atom. The topological polar surface area (TPSA) is 242 Å². The molecular weight excluding hydrogens is 583 g/mol. The minimum atomic E-state index is -1.39. The molecule has 12 nitrogen and oxygen atoms in total. The third kappa shape index (κ3) is 9.28. The van der Waals surface area contributed by atoms with E-state index >= 15 is 0 Å². The molecule has 0 aliphatic carbocycles. The zero-order valence-electron chi connectivity index (χ0n) is 16.9. The van der Waals surface area contributed by atoms with E-state index in [9.17, 15) is 29.7 Å². The molecule has 6 N–H and O–H groups in total. The number of phenolic OH excluding ortho intramolecular Hbond substituents is 6. The first-order valence-corrected chi connectivity index (χ1v) is 8.53. The van der Waals surface area contributed by atoms with E-state index in [2.05, 4.69) is 0 Å². The quantitative estimate of drug-likeness (QED) is 0.187. The van der Waals surface area contributed by atoms with Crippen LogP contribution >= 0.6 is 0 Å². The molecule has 174 valence electrons. The molecule has 34 heavy (non-hydrogen) atoms. The van der Waals surface area contributed by atoms with Crippen molar-refractivity contribution in [2.45, 2.75) is 0 Å². The second kappa shape index (κ2) is 13.6. The van der Waals surface area contributed by atoms with Crippen molar-refractivity contribution in [3.05, 3.63) is 71.3 Å². The number of carbonyl (C=O) groups is 3. The molecule has 0 spiro atoms. The largest absolute Gasteiger partial charge is 3.00 e. The molecule has 3 aromatic rings. The van der Waals surface area contributed by atoms with E-state index in [4.69, 9.17) is 30.6 Å². The van der Waals surface area contributed by atoms with Crippen molar-refractivity contribution in [2.24, 2.45) is 0 Å². The molecule has 0 amide bonds. The maximum Gasteiger partial charge on any atom is 3.00 e. The van der Waals surface area contributed by atoms with Gasteiger partial charge in [-0.3, -0.25) is 0 Å². The summed E-state index contributed by atoms with van der Waals surface area (Å²) in [5.74, 6) is -6.62. The molecule has 0 unspecified atom stereocenters. The molecule has 0 aliphatic rings. The number of carboxylic acid groups (broad SMARTS) is 3. The van der Waals surface area contributed by atoms with Crippen LogP contribution in [0.4, 0.5) is 0 Å². The standard InChI is InChI=1S/3C7H6O4.La/c3*8-5-2-1-4(7(10)11)3-6(5)9;/h3*1-3,8-9H,(H,10,11);/q;;;+3/p-3. The van der Waals surface area contributed by atoms with Gasteiger partial charge in [-0.15, -0.1) is 0 Å². The van der Waals surface area contributed by atoms with E-state index in [1.807, 2.05) is 0 Å². The van der Waals surface area contributed by atoms with Crippen LogP contribution in [0, 0.1) is 35.6 Å². The summed E-state index contributed by atoms with van der Waals surface area (Å²) in [5.41, 5.74) is -0.499. The monoisotopic (exact) mass is 598 g/mol. The molecule has 0 saturated heterocycles. The van der Waals surface area contributed by atoms with Gasteiger partial charge in [0.15, 0.2) is 34.5 Å². The fraction of sp³-hybridized carbons (Fsp3) is 0. The van der Waals surface area contributed by atoms with Gasteiger partial charge >= 0.3 is 35.6 Å². The summed E-state index contributed by atoms with van der Waals surface area (Å²) in [5, 5.41) is 83.2. The maximum absolute atomic E-state index is 10.2. The Morgan fingerprint density at radius 1 is 0.441 bits per heavy atom. The number of phenols is 6. The van der Waals surface area contributed by atoms with Gasteiger partial charge in [-0.2, -0.15) is 0 Å². The van der Waals surface area contributed by atoms with E-state index in [-0.39, 0.29) is 69.5 Å². The van der Waals surface area contributed by atoms with Crippen molar-refractivity contribution in [3.63, 3.8) is 0 Å². The number of benzene rings is 3. The molecular formula is C21H15LaO12. The van der Waals surface area contributed by atoms with Gasteiger partial charge in [0.25, 0.3) is 0 Å². The molecule has 0 aliphatic heterocycles. The molecule has 3 aromatic carbocycles. The van der Waals surface area contributed by atoms with Crippen LogP contribution in [0.5, 0.6) is 34.5 Å². The Hall–Kier alpha value is -3.94. The summed E-state index contributed by atoms with van der Waals surface area (Å²) in [6.07, 6.45) is 0. The number of aromatic carboxylic acids is 3. The van der Waals surface area contributed by atoms with Crippen LogP contribution in [0.25, 0.3) is 0 Å². The molecule has 0 bridgehead atoms. The van der Waals surface area contributed by atoms with Gasteiger partial charge in [-0.1, -0.05) is 0 Å². The van der Waals surface area contributed by atoms with E-state index in [1.165, 1.54) is 0 Å². The van der Waals surface area contributed by atoms with Gasteiger partial charge in [0.2, 0.25) is 0 Å².